The van der Waals surface area contributed by atoms with Crippen molar-refractivity contribution in [2.45, 2.75) is 0 Å². The van der Waals surface area contributed by atoms with Crippen LogP contribution in [0.15, 0.2) is 41.3 Å². The number of hydrogen-bond acceptors (Lipinski definition) is 5. The standard InChI is InChI=1S/C12H7BrN4OS/c13-10-6-14-8(5-15-10)11(18)17-12-16-7-3-1-2-4-9(7)19-12/h1-6H,(H,16,17,18). The molecule has 3 rings (SSSR count). The van der Waals surface area contributed by atoms with E-state index in [1.807, 2.05) is 24.3 Å². The molecule has 2 heterocycles. The summed E-state index contributed by atoms with van der Waals surface area (Å²) in [6, 6.07) is 7.71. The molecule has 0 spiro atoms. The van der Waals surface area contributed by atoms with Gasteiger partial charge in [0.2, 0.25) is 0 Å². The molecule has 0 aliphatic rings. The SMILES string of the molecule is O=C(Nc1nc2ccccc2s1)c1cnc(Br)cn1. The van der Waals surface area contributed by atoms with E-state index in [1.165, 1.54) is 23.7 Å². The number of nitrogens with one attached hydrogen (secondary N) is 1. The molecule has 7 heteroatoms. The number of benzene rings is 1. The van der Waals surface area contributed by atoms with Gasteiger partial charge in [0, 0.05) is 0 Å². The van der Waals surface area contributed by atoms with Crippen molar-refractivity contribution >= 4 is 48.5 Å². The Kier molecular flexibility index (Phi) is 3.22. The summed E-state index contributed by atoms with van der Waals surface area (Å²) in [6.07, 6.45) is 2.89. The van der Waals surface area contributed by atoms with Gasteiger partial charge in [0.25, 0.3) is 5.91 Å². The van der Waals surface area contributed by atoms with Crippen molar-refractivity contribution in [3.05, 3.63) is 47.0 Å². The first-order chi connectivity index (χ1) is 9.22. The van der Waals surface area contributed by atoms with Gasteiger partial charge in [-0.1, -0.05) is 23.5 Å². The van der Waals surface area contributed by atoms with Gasteiger partial charge in [-0.25, -0.2) is 15.0 Å². The molecule has 5 nitrogen and oxygen atoms in total. The Morgan fingerprint density at radius 1 is 1.21 bits per heavy atom. The molecule has 0 unspecified atom stereocenters. The molecule has 19 heavy (non-hydrogen) atoms. The third-order valence-corrected chi connectivity index (χ3v) is 3.73. The molecule has 0 aliphatic heterocycles. The first-order valence-corrected chi connectivity index (χ1v) is 6.98. The molecule has 3 aromatic rings. The lowest BCUT2D eigenvalue weighted by Crippen LogP contribution is -2.13. The van der Waals surface area contributed by atoms with Crippen molar-refractivity contribution in [1.29, 1.82) is 0 Å². The summed E-state index contributed by atoms with van der Waals surface area (Å²) >= 11 is 4.59. The van der Waals surface area contributed by atoms with E-state index >= 15 is 0 Å². The number of rotatable bonds is 2. The van der Waals surface area contributed by atoms with E-state index in [4.69, 9.17) is 0 Å². The zero-order valence-corrected chi connectivity index (χ0v) is 11.9. The second kappa shape index (κ2) is 5.02. The molecular weight excluding hydrogens is 328 g/mol. The van der Waals surface area contributed by atoms with Crippen LogP contribution < -0.4 is 5.32 Å². The third kappa shape index (κ3) is 2.61. The third-order valence-electron chi connectivity index (χ3n) is 2.37. The monoisotopic (exact) mass is 334 g/mol. The van der Waals surface area contributed by atoms with Crippen molar-refractivity contribution in [3.63, 3.8) is 0 Å². The molecule has 0 aliphatic carbocycles. The highest BCUT2D eigenvalue weighted by molar-refractivity contribution is 9.10. The lowest BCUT2D eigenvalue weighted by atomic mass is 10.3. The Bertz CT molecular complexity index is 708. The Morgan fingerprint density at radius 3 is 2.79 bits per heavy atom. The minimum Gasteiger partial charge on any atom is -0.296 e. The van der Waals surface area contributed by atoms with Crippen molar-refractivity contribution in [3.8, 4) is 0 Å². The van der Waals surface area contributed by atoms with Gasteiger partial charge in [0.1, 0.15) is 10.3 Å². The molecule has 0 fully saturated rings. The number of anilines is 1. The first-order valence-electron chi connectivity index (χ1n) is 5.37. The van der Waals surface area contributed by atoms with Gasteiger partial charge in [0.05, 0.1) is 22.6 Å². The van der Waals surface area contributed by atoms with Gasteiger partial charge in [-0.3, -0.25) is 10.1 Å². The summed E-state index contributed by atoms with van der Waals surface area (Å²) in [5.41, 5.74) is 1.12. The number of para-hydroxylation sites is 1. The highest BCUT2D eigenvalue weighted by Gasteiger charge is 2.11. The lowest BCUT2D eigenvalue weighted by Gasteiger charge is -1.99. The number of amides is 1. The van der Waals surface area contributed by atoms with Gasteiger partial charge in [-0.15, -0.1) is 0 Å². The van der Waals surface area contributed by atoms with E-state index in [2.05, 4.69) is 36.2 Å². The van der Waals surface area contributed by atoms with Gasteiger partial charge in [-0.2, -0.15) is 0 Å². The number of nitrogens with zero attached hydrogens (tertiary/aromatic N) is 3. The minimum absolute atomic E-state index is 0.252. The Morgan fingerprint density at radius 2 is 2.05 bits per heavy atom. The van der Waals surface area contributed by atoms with Crippen LogP contribution in [0.4, 0.5) is 5.13 Å². The summed E-state index contributed by atoms with van der Waals surface area (Å²) in [6.45, 7) is 0. The number of halogens is 1. The fraction of sp³-hybridized carbons (Fsp3) is 0. The summed E-state index contributed by atoms with van der Waals surface area (Å²) in [5.74, 6) is -0.320. The molecule has 0 atom stereocenters. The smallest absolute Gasteiger partial charge is 0.277 e. The number of carbonyl (C=O) groups is 1. The fourth-order valence-electron chi connectivity index (χ4n) is 1.52. The van der Waals surface area contributed by atoms with E-state index < -0.39 is 0 Å². The Balaban J connectivity index is 1.84. The van der Waals surface area contributed by atoms with Crippen LogP contribution in [0.1, 0.15) is 10.5 Å². The van der Waals surface area contributed by atoms with E-state index in [-0.39, 0.29) is 11.6 Å². The van der Waals surface area contributed by atoms with Crippen molar-refractivity contribution < 1.29 is 4.79 Å². The molecule has 1 amide bonds. The van der Waals surface area contributed by atoms with Crippen LogP contribution in [0.5, 0.6) is 0 Å². The van der Waals surface area contributed by atoms with Crippen LogP contribution in [0.2, 0.25) is 0 Å². The lowest BCUT2D eigenvalue weighted by molar-refractivity contribution is 0.102. The van der Waals surface area contributed by atoms with Crippen molar-refractivity contribution in [2.24, 2.45) is 0 Å². The number of fused-ring (bicyclic) bond motifs is 1. The largest absolute Gasteiger partial charge is 0.296 e. The second-order valence-corrected chi connectivity index (χ2v) is 5.51. The number of carbonyl (C=O) groups excluding carboxylic acids is 1. The Labute approximate surface area is 120 Å². The predicted octanol–water partition coefficient (Wildman–Crippen LogP) is 3.10. The topological polar surface area (TPSA) is 67.8 Å². The molecule has 1 N–H and O–H groups in total. The fourth-order valence-corrected chi connectivity index (χ4v) is 2.58. The first kappa shape index (κ1) is 12.2. The molecule has 0 radical (unpaired) electrons. The van der Waals surface area contributed by atoms with Crippen LogP contribution in [-0.4, -0.2) is 20.9 Å². The van der Waals surface area contributed by atoms with Gasteiger partial charge < -0.3 is 0 Å². The molecule has 1 aromatic carbocycles. The summed E-state index contributed by atoms with van der Waals surface area (Å²) in [4.78, 5) is 24.2. The van der Waals surface area contributed by atoms with Gasteiger partial charge in [-0.05, 0) is 28.1 Å². The number of thiazole rings is 1. The zero-order chi connectivity index (χ0) is 13.2. The van der Waals surface area contributed by atoms with E-state index in [9.17, 15) is 4.79 Å². The summed E-state index contributed by atoms with van der Waals surface area (Å²) in [5, 5.41) is 3.27. The maximum absolute atomic E-state index is 11.9. The van der Waals surface area contributed by atoms with Gasteiger partial charge in [0.15, 0.2) is 5.13 Å². The molecule has 0 saturated carbocycles. The van der Waals surface area contributed by atoms with Crippen LogP contribution in [0.25, 0.3) is 10.2 Å². The quantitative estimate of drug-likeness (QED) is 0.781. The van der Waals surface area contributed by atoms with Crippen molar-refractivity contribution in [2.75, 3.05) is 5.32 Å². The number of aromatic nitrogens is 3. The van der Waals surface area contributed by atoms with Crippen LogP contribution in [0, 0.1) is 0 Å². The van der Waals surface area contributed by atoms with Crippen LogP contribution in [0.3, 0.4) is 0 Å². The highest BCUT2D eigenvalue weighted by Crippen LogP contribution is 2.25. The highest BCUT2D eigenvalue weighted by atomic mass is 79.9. The molecule has 94 valence electrons. The Hall–Kier alpha value is -1.86. The van der Waals surface area contributed by atoms with Gasteiger partial charge >= 0.3 is 0 Å². The molecule has 2 aromatic heterocycles. The van der Waals surface area contributed by atoms with Crippen LogP contribution in [-0.2, 0) is 0 Å². The zero-order valence-electron chi connectivity index (χ0n) is 9.50. The van der Waals surface area contributed by atoms with E-state index in [0.29, 0.717) is 9.73 Å². The molecule has 0 bridgehead atoms. The summed E-state index contributed by atoms with van der Waals surface area (Å²) < 4.78 is 1.61. The summed E-state index contributed by atoms with van der Waals surface area (Å²) in [7, 11) is 0. The van der Waals surface area contributed by atoms with Crippen molar-refractivity contribution in [1.82, 2.24) is 15.0 Å². The second-order valence-electron chi connectivity index (χ2n) is 3.67. The average Bonchev–Trinajstić information content (AvgIpc) is 2.81. The van der Waals surface area contributed by atoms with E-state index in [1.54, 1.807) is 0 Å². The maximum atomic E-state index is 11.9. The van der Waals surface area contributed by atoms with Crippen LogP contribution >= 0.6 is 27.3 Å². The normalized spacial score (nSPS) is 10.6. The number of hydrogen-bond donors (Lipinski definition) is 1. The minimum atomic E-state index is -0.320. The molecular formula is C12H7BrN4OS. The predicted molar refractivity (Wildman–Crippen MR) is 77.3 cm³/mol. The van der Waals surface area contributed by atoms with E-state index in [0.717, 1.165) is 10.2 Å². The maximum Gasteiger partial charge on any atom is 0.277 e. The molecule has 0 saturated heterocycles. The average molecular weight is 335 g/mol.